The van der Waals surface area contributed by atoms with Crippen molar-refractivity contribution < 1.29 is 19.0 Å². The Hall–Kier alpha value is -2.90. The molecule has 1 saturated heterocycles. The number of carbonyl (C=O) groups excluding carboxylic acids is 1. The van der Waals surface area contributed by atoms with Gasteiger partial charge in [-0.05, 0) is 115 Å². The standard InChI is InChI=1S/C34H35Cl2FN2O3/c35-24-7-11-29(31(36)20-24)30-4-1-3-23-19-25(38-33(40)34(41)14-15-34)8-12-28(23)32(30)22-5-9-26(10-6-22)42-27-13-18-39(21-27)17-2-16-37/h5-12,19-20,27,41H,1-4,13-18,21H2,(H,38,40)/t27-/m0/s1. The van der Waals surface area contributed by atoms with Crippen LogP contribution < -0.4 is 10.1 Å². The average molecular weight is 610 g/mol. The number of carbonyl (C=O) groups is 1. The van der Waals surface area contributed by atoms with Crippen LogP contribution in [0, 0.1) is 0 Å². The molecule has 0 spiro atoms. The lowest BCUT2D eigenvalue weighted by Crippen LogP contribution is -2.29. The number of alkyl halides is 1. The van der Waals surface area contributed by atoms with Gasteiger partial charge >= 0.3 is 0 Å². The van der Waals surface area contributed by atoms with Crippen LogP contribution >= 0.6 is 23.2 Å². The second kappa shape index (κ2) is 12.4. The minimum atomic E-state index is -1.23. The number of aliphatic hydroxyl groups is 1. The van der Waals surface area contributed by atoms with E-state index in [0.717, 1.165) is 84.5 Å². The highest BCUT2D eigenvalue weighted by atomic mass is 35.5. The summed E-state index contributed by atoms with van der Waals surface area (Å²) in [6.07, 6.45) is 5.16. The lowest BCUT2D eigenvalue weighted by atomic mass is 9.87. The number of aryl methyl sites for hydroxylation is 1. The van der Waals surface area contributed by atoms with Crippen molar-refractivity contribution in [2.24, 2.45) is 0 Å². The monoisotopic (exact) mass is 608 g/mol. The molecule has 8 heteroatoms. The summed E-state index contributed by atoms with van der Waals surface area (Å²) in [5.74, 6) is 0.469. The van der Waals surface area contributed by atoms with Crippen LogP contribution in [0.1, 0.15) is 60.8 Å². The predicted molar refractivity (Wildman–Crippen MR) is 167 cm³/mol. The molecule has 3 aromatic carbocycles. The zero-order valence-electron chi connectivity index (χ0n) is 23.5. The molecule has 6 rings (SSSR count). The molecule has 2 aliphatic carbocycles. The van der Waals surface area contributed by atoms with Crippen molar-refractivity contribution in [1.82, 2.24) is 4.90 Å². The lowest BCUT2D eigenvalue weighted by molar-refractivity contribution is -0.125. The van der Waals surface area contributed by atoms with Gasteiger partial charge in [0.05, 0.1) is 6.67 Å². The molecule has 1 amide bonds. The van der Waals surface area contributed by atoms with Gasteiger partial charge in [-0.1, -0.05) is 47.5 Å². The molecule has 0 bridgehead atoms. The Balaban J connectivity index is 1.33. The quantitative estimate of drug-likeness (QED) is 0.263. The van der Waals surface area contributed by atoms with Gasteiger partial charge in [0.25, 0.3) is 5.91 Å². The molecule has 2 N–H and O–H groups in total. The molecule has 0 radical (unpaired) electrons. The average Bonchev–Trinajstić information content (AvgIpc) is 3.63. The smallest absolute Gasteiger partial charge is 0.256 e. The molecule has 3 aromatic rings. The normalized spacial score (nSPS) is 19.8. The van der Waals surface area contributed by atoms with Crippen LogP contribution in [-0.4, -0.2) is 53.9 Å². The maximum Gasteiger partial charge on any atom is 0.256 e. The van der Waals surface area contributed by atoms with E-state index in [-0.39, 0.29) is 18.7 Å². The van der Waals surface area contributed by atoms with E-state index < -0.39 is 5.60 Å². The Bertz CT molecular complexity index is 1500. The molecule has 1 atom stereocenters. The number of fused-ring (bicyclic) bond motifs is 1. The van der Waals surface area contributed by atoms with Gasteiger partial charge in [-0.3, -0.25) is 14.1 Å². The van der Waals surface area contributed by atoms with Crippen LogP contribution in [-0.2, 0) is 11.2 Å². The Morgan fingerprint density at radius 3 is 2.57 bits per heavy atom. The van der Waals surface area contributed by atoms with Crippen LogP contribution in [0.5, 0.6) is 5.75 Å². The summed E-state index contributed by atoms with van der Waals surface area (Å²) in [5, 5.41) is 14.3. The van der Waals surface area contributed by atoms with Gasteiger partial charge in [-0.2, -0.15) is 0 Å². The molecule has 0 aromatic heterocycles. The van der Waals surface area contributed by atoms with Gasteiger partial charge in [-0.15, -0.1) is 0 Å². The molecule has 1 aliphatic heterocycles. The highest BCUT2D eigenvalue weighted by Gasteiger charge is 2.48. The summed E-state index contributed by atoms with van der Waals surface area (Å²) in [6, 6.07) is 19.9. The number of anilines is 1. The van der Waals surface area contributed by atoms with E-state index in [4.69, 9.17) is 27.9 Å². The van der Waals surface area contributed by atoms with Crippen molar-refractivity contribution in [1.29, 1.82) is 0 Å². The minimum Gasteiger partial charge on any atom is -0.489 e. The van der Waals surface area contributed by atoms with Gasteiger partial charge in [0, 0.05) is 35.4 Å². The van der Waals surface area contributed by atoms with Gasteiger partial charge in [0.15, 0.2) is 0 Å². The van der Waals surface area contributed by atoms with Gasteiger partial charge in [-0.25, -0.2) is 0 Å². The predicted octanol–water partition coefficient (Wildman–Crippen LogP) is 7.56. The zero-order chi connectivity index (χ0) is 29.3. The summed E-state index contributed by atoms with van der Waals surface area (Å²) < 4.78 is 18.9. The highest BCUT2D eigenvalue weighted by molar-refractivity contribution is 6.36. The second-order valence-electron chi connectivity index (χ2n) is 11.6. The topological polar surface area (TPSA) is 61.8 Å². The zero-order valence-corrected chi connectivity index (χ0v) is 25.0. The summed E-state index contributed by atoms with van der Waals surface area (Å²) >= 11 is 13.0. The van der Waals surface area contributed by atoms with Crippen LogP contribution in [0.2, 0.25) is 10.0 Å². The number of ether oxygens (including phenoxy) is 1. The van der Waals surface area contributed by atoms with E-state index in [2.05, 4.69) is 28.4 Å². The van der Waals surface area contributed by atoms with E-state index in [1.165, 1.54) is 0 Å². The fourth-order valence-electron chi connectivity index (χ4n) is 6.06. The lowest BCUT2D eigenvalue weighted by Gasteiger charge is -2.19. The van der Waals surface area contributed by atoms with Crippen molar-refractivity contribution in [2.45, 2.75) is 56.7 Å². The third-order valence-corrected chi connectivity index (χ3v) is 9.04. The SMILES string of the molecule is O=C(Nc1ccc2c(c1)CCCC(c1ccc(Cl)cc1Cl)=C2c1ccc(O[C@H]2CCN(CCCF)C2)cc1)C1(O)CC1. The van der Waals surface area contributed by atoms with Crippen LogP contribution in [0.15, 0.2) is 60.7 Å². The third-order valence-electron chi connectivity index (χ3n) is 8.49. The first-order valence-corrected chi connectivity index (χ1v) is 15.5. The van der Waals surface area contributed by atoms with Crippen molar-refractivity contribution in [3.8, 4) is 5.75 Å². The first kappa shape index (κ1) is 29.2. The molecule has 1 heterocycles. The Morgan fingerprint density at radius 1 is 1.05 bits per heavy atom. The number of allylic oxidation sites excluding steroid dienone is 1. The fraction of sp³-hybridized carbons (Fsp3) is 0.382. The number of hydrogen-bond acceptors (Lipinski definition) is 4. The van der Waals surface area contributed by atoms with Crippen LogP contribution in [0.3, 0.4) is 0 Å². The van der Waals surface area contributed by atoms with E-state index >= 15 is 0 Å². The van der Waals surface area contributed by atoms with E-state index in [9.17, 15) is 14.3 Å². The van der Waals surface area contributed by atoms with Gasteiger partial charge < -0.3 is 15.2 Å². The number of nitrogens with one attached hydrogen (secondary N) is 1. The molecule has 3 aliphatic rings. The summed E-state index contributed by atoms with van der Waals surface area (Å²) in [4.78, 5) is 14.8. The Morgan fingerprint density at radius 2 is 1.83 bits per heavy atom. The van der Waals surface area contributed by atoms with Crippen LogP contribution in [0.25, 0.3) is 11.1 Å². The van der Waals surface area contributed by atoms with E-state index in [0.29, 0.717) is 35.0 Å². The molecule has 1 saturated carbocycles. The first-order valence-electron chi connectivity index (χ1n) is 14.7. The fourth-order valence-corrected chi connectivity index (χ4v) is 6.59. The molecular weight excluding hydrogens is 574 g/mol. The van der Waals surface area contributed by atoms with Crippen LogP contribution in [0.4, 0.5) is 10.1 Å². The number of benzene rings is 3. The molecule has 220 valence electrons. The second-order valence-corrected chi connectivity index (χ2v) is 12.4. The minimum absolute atomic E-state index is 0.0963. The Labute approximate surface area is 256 Å². The molecule has 5 nitrogen and oxygen atoms in total. The molecule has 0 unspecified atom stereocenters. The van der Waals surface area contributed by atoms with Crippen molar-refractivity contribution in [3.05, 3.63) is 93.0 Å². The van der Waals surface area contributed by atoms with Gasteiger partial charge in [0.2, 0.25) is 0 Å². The number of rotatable bonds is 9. The summed E-state index contributed by atoms with van der Waals surface area (Å²) in [5.41, 5.74) is 5.92. The molecule has 2 fully saturated rings. The number of halogens is 3. The maximum absolute atomic E-state index is 12.6. The maximum atomic E-state index is 12.6. The number of hydrogen-bond donors (Lipinski definition) is 2. The highest BCUT2D eigenvalue weighted by Crippen LogP contribution is 2.43. The Kier molecular flexibility index (Phi) is 8.60. The third kappa shape index (κ3) is 6.37. The number of nitrogens with zero attached hydrogens (tertiary/aromatic N) is 1. The van der Waals surface area contributed by atoms with Crippen molar-refractivity contribution in [3.63, 3.8) is 0 Å². The van der Waals surface area contributed by atoms with E-state index in [1.54, 1.807) is 6.07 Å². The summed E-state index contributed by atoms with van der Waals surface area (Å²) in [6.45, 7) is 2.23. The van der Waals surface area contributed by atoms with Crippen molar-refractivity contribution in [2.75, 3.05) is 31.6 Å². The van der Waals surface area contributed by atoms with E-state index in [1.807, 2.05) is 36.4 Å². The number of likely N-dealkylation sites (tertiary alicyclic amines) is 1. The molecular formula is C34H35Cl2FN2O3. The summed E-state index contributed by atoms with van der Waals surface area (Å²) in [7, 11) is 0. The largest absolute Gasteiger partial charge is 0.489 e. The van der Waals surface area contributed by atoms with Crippen molar-refractivity contribution >= 4 is 45.9 Å². The van der Waals surface area contributed by atoms with Gasteiger partial charge in [0.1, 0.15) is 17.5 Å². The number of amides is 1. The molecule has 42 heavy (non-hydrogen) atoms. The first-order chi connectivity index (χ1) is 20.3.